The smallest absolute Gasteiger partial charge is 0.322 e. The lowest BCUT2D eigenvalue weighted by atomic mass is 10.1. The first-order chi connectivity index (χ1) is 9.69. The fraction of sp³-hybridized carbons (Fsp3) is 1.00. The van der Waals surface area contributed by atoms with Crippen molar-refractivity contribution in [3.05, 3.63) is 0 Å². The van der Waals surface area contributed by atoms with Gasteiger partial charge < -0.3 is 13.0 Å². The Morgan fingerprint density at radius 1 is 0.619 bits per heavy atom. The highest BCUT2D eigenvalue weighted by molar-refractivity contribution is 6.78. The van der Waals surface area contributed by atoms with Gasteiger partial charge in [0.05, 0.1) is 0 Å². The molecule has 0 fully saturated rings. The van der Waals surface area contributed by atoms with Crippen LogP contribution in [0.25, 0.3) is 0 Å². The van der Waals surface area contributed by atoms with E-state index in [4.69, 9.17) is 13.0 Å². The molecule has 0 unspecified atom stereocenters. The van der Waals surface area contributed by atoms with Gasteiger partial charge in [0.15, 0.2) is 0 Å². The Bertz CT molecular complexity index is 236. The minimum atomic E-state index is -2.09. The largest absolute Gasteiger partial charge is 0.415 e. The molecule has 0 aromatic heterocycles. The summed E-state index contributed by atoms with van der Waals surface area (Å²) in [6.07, 6.45) is 4.69. The first-order valence-corrected chi connectivity index (χ1v) is 14.3. The number of rotatable bonds is 12. The molecule has 3 nitrogen and oxygen atoms in total. The lowest BCUT2D eigenvalue weighted by Gasteiger charge is -2.34. The Hall–Kier alpha value is 0.314. The maximum Gasteiger partial charge on any atom is 0.322 e. The third-order valence-electron chi connectivity index (χ3n) is 4.13. The summed E-state index contributed by atoms with van der Waals surface area (Å²) in [5, 5.41) is 0. The highest BCUT2D eigenvalue weighted by Crippen LogP contribution is 2.20. The molecule has 0 bridgehead atoms. The highest BCUT2D eigenvalue weighted by Gasteiger charge is 2.37. The molecule has 0 saturated heterocycles. The summed E-state index contributed by atoms with van der Waals surface area (Å²) in [6.45, 7) is 19.1. The summed E-state index contributed by atoms with van der Waals surface area (Å²) < 4.78 is 18.6. The third-order valence-corrected chi connectivity index (χ3v) is 9.79. The maximum absolute atomic E-state index is 6.34. The van der Waals surface area contributed by atoms with Crippen LogP contribution in [0.5, 0.6) is 0 Å². The van der Waals surface area contributed by atoms with E-state index >= 15 is 0 Å². The topological polar surface area (TPSA) is 27.7 Å². The van der Waals surface area contributed by atoms with Crippen LogP contribution < -0.4 is 0 Å². The molecule has 21 heavy (non-hydrogen) atoms. The van der Waals surface area contributed by atoms with Gasteiger partial charge in [0.1, 0.15) is 0 Å². The second-order valence-corrected chi connectivity index (χ2v) is 13.9. The summed E-state index contributed by atoms with van der Waals surface area (Å²) in [4.78, 5) is 0. The molecule has 0 aromatic carbocycles. The van der Waals surface area contributed by atoms with Gasteiger partial charge in [-0.15, -0.1) is 0 Å². The lowest BCUT2D eigenvalue weighted by molar-refractivity contribution is 0.154. The van der Waals surface area contributed by atoms with Crippen molar-refractivity contribution in [1.29, 1.82) is 0 Å². The highest BCUT2D eigenvalue weighted by atomic mass is 28.5. The van der Waals surface area contributed by atoms with E-state index in [9.17, 15) is 0 Å². The van der Waals surface area contributed by atoms with E-state index in [0.717, 1.165) is 13.2 Å². The molecule has 0 saturated carbocycles. The molecule has 0 N–H and O–H groups in total. The van der Waals surface area contributed by atoms with Gasteiger partial charge in [-0.25, -0.2) is 0 Å². The van der Waals surface area contributed by atoms with Crippen molar-refractivity contribution in [2.75, 3.05) is 13.2 Å². The third kappa shape index (κ3) is 9.84. The zero-order valence-corrected chi connectivity index (χ0v) is 17.6. The van der Waals surface area contributed by atoms with Crippen LogP contribution in [0.2, 0.25) is 26.2 Å². The average Bonchev–Trinajstić information content (AvgIpc) is 2.39. The summed E-state index contributed by atoms with van der Waals surface area (Å²) in [5.74, 6) is 1.30. The molecular formula is C16H38O3Si2. The van der Waals surface area contributed by atoms with Crippen molar-refractivity contribution >= 4 is 17.1 Å². The summed E-state index contributed by atoms with van der Waals surface area (Å²) >= 11 is 0. The molecule has 0 atom stereocenters. The SMILES string of the molecule is CCC(CC)CO[Si](C)(C)O[Si](C)(C)OCC(CC)CC. The van der Waals surface area contributed by atoms with E-state index < -0.39 is 17.1 Å². The number of hydrogen-bond acceptors (Lipinski definition) is 3. The van der Waals surface area contributed by atoms with E-state index in [1.165, 1.54) is 25.7 Å². The van der Waals surface area contributed by atoms with Crippen molar-refractivity contribution in [2.45, 2.75) is 79.6 Å². The lowest BCUT2D eigenvalue weighted by Crippen LogP contribution is -2.49. The summed E-state index contributed by atoms with van der Waals surface area (Å²) in [5.41, 5.74) is 0. The molecule has 0 aliphatic heterocycles. The molecule has 0 aromatic rings. The average molecular weight is 335 g/mol. The predicted molar refractivity (Wildman–Crippen MR) is 96.1 cm³/mol. The van der Waals surface area contributed by atoms with Crippen LogP contribution >= 0.6 is 0 Å². The van der Waals surface area contributed by atoms with Crippen LogP contribution in [0.1, 0.15) is 53.4 Å². The predicted octanol–water partition coefficient (Wildman–Crippen LogP) is 5.31. The van der Waals surface area contributed by atoms with Gasteiger partial charge in [0, 0.05) is 13.2 Å². The minimum Gasteiger partial charge on any atom is -0.415 e. The fourth-order valence-electron chi connectivity index (χ4n) is 2.34. The van der Waals surface area contributed by atoms with Gasteiger partial charge in [0.2, 0.25) is 0 Å². The van der Waals surface area contributed by atoms with Gasteiger partial charge in [-0.1, -0.05) is 53.4 Å². The summed E-state index contributed by atoms with van der Waals surface area (Å²) in [7, 11) is -4.18. The normalized spacial score (nSPS) is 13.4. The molecular weight excluding hydrogens is 296 g/mol. The molecule has 0 rings (SSSR count). The van der Waals surface area contributed by atoms with Crippen molar-refractivity contribution in [1.82, 2.24) is 0 Å². The first kappa shape index (κ1) is 21.3. The Balaban J connectivity index is 4.32. The second kappa shape index (κ2) is 10.2. The molecule has 5 heteroatoms. The zero-order chi connectivity index (χ0) is 16.5. The molecule has 0 aliphatic carbocycles. The molecule has 0 heterocycles. The van der Waals surface area contributed by atoms with E-state index in [2.05, 4.69) is 53.9 Å². The second-order valence-electron chi connectivity index (χ2n) is 6.89. The van der Waals surface area contributed by atoms with Gasteiger partial charge in [-0.2, -0.15) is 0 Å². The monoisotopic (exact) mass is 334 g/mol. The Kier molecular flexibility index (Phi) is 10.3. The van der Waals surface area contributed by atoms with Gasteiger partial charge >= 0.3 is 17.1 Å². The van der Waals surface area contributed by atoms with Crippen LogP contribution in [0.15, 0.2) is 0 Å². The number of hydrogen-bond donors (Lipinski definition) is 0. The quantitative estimate of drug-likeness (QED) is 0.452. The molecule has 0 spiro atoms. The summed E-state index contributed by atoms with van der Waals surface area (Å²) in [6, 6.07) is 0. The van der Waals surface area contributed by atoms with Gasteiger partial charge in [-0.05, 0) is 38.0 Å². The maximum atomic E-state index is 6.34. The zero-order valence-electron chi connectivity index (χ0n) is 15.6. The van der Waals surface area contributed by atoms with E-state index in [1.54, 1.807) is 0 Å². The Morgan fingerprint density at radius 2 is 0.905 bits per heavy atom. The molecule has 0 radical (unpaired) electrons. The van der Waals surface area contributed by atoms with Gasteiger partial charge in [-0.3, -0.25) is 0 Å². The first-order valence-electron chi connectivity index (χ1n) is 8.67. The minimum absolute atomic E-state index is 0.649. The Labute approximate surface area is 135 Å². The standard InChI is InChI=1S/C16H38O3Si2/c1-9-15(10-2)13-17-20(5,6)19-21(7,8)18-14-16(11-3)12-4/h15-16H,9-14H2,1-8H3. The molecule has 0 amide bonds. The van der Waals surface area contributed by atoms with Crippen LogP contribution in [0.3, 0.4) is 0 Å². The Morgan fingerprint density at radius 3 is 1.14 bits per heavy atom. The van der Waals surface area contributed by atoms with Crippen molar-refractivity contribution in [2.24, 2.45) is 11.8 Å². The van der Waals surface area contributed by atoms with Crippen LogP contribution in [-0.4, -0.2) is 30.3 Å². The van der Waals surface area contributed by atoms with E-state index in [1.807, 2.05) is 0 Å². The van der Waals surface area contributed by atoms with Gasteiger partial charge in [0.25, 0.3) is 0 Å². The van der Waals surface area contributed by atoms with Crippen molar-refractivity contribution in [3.8, 4) is 0 Å². The van der Waals surface area contributed by atoms with Crippen LogP contribution in [0, 0.1) is 11.8 Å². The van der Waals surface area contributed by atoms with Crippen LogP contribution in [0.4, 0.5) is 0 Å². The fourth-order valence-corrected chi connectivity index (χ4v) is 8.82. The van der Waals surface area contributed by atoms with E-state index in [-0.39, 0.29) is 0 Å². The molecule has 0 aliphatic rings. The van der Waals surface area contributed by atoms with Crippen molar-refractivity contribution < 1.29 is 13.0 Å². The van der Waals surface area contributed by atoms with E-state index in [0.29, 0.717) is 11.8 Å². The van der Waals surface area contributed by atoms with Crippen molar-refractivity contribution in [3.63, 3.8) is 0 Å². The van der Waals surface area contributed by atoms with Crippen LogP contribution in [-0.2, 0) is 13.0 Å². The molecule has 128 valence electrons.